The Morgan fingerprint density at radius 2 is 1.81 bits per heavy atom. The summed E-state index contributed by atoms with van der Waals surface area (Å²) >= 11 is 5.89. The van der Waals surface area contributed by atoms with E-state index in [1.54, 1.807) is 12.1 Å². The Hall–Kier alpha value is -2.59. The van der Waals surface area contributed by atoms with E-state index in [1.165, 1.54) is 12.1 Å². The van der Waals surface area contributed by atoms with Gasteiger partial charge in [0.25, 0.3) is 0 Å². The zero-order valence-corrected chi connectivity index (χ0v) is 14.7. The van der Waals surface area contributed by atoms with Crippen LogP contribution < -0.4 is 5.32 Å². The number of hydrogen-bond acceptors (Lipinski definition) is 2. The van der Waals surface area contributed by atoms with Crippen LogP contribution in [0.15, 0.2) is 65.1 Å². The van der Waals surface area contributed by atoms with Crippen LogP contribution in [0, 0.1) is 11.7 Å². The molecule has 0 radical (unpaired) electrons. The van der Waals surface area contributed by atoms with Gasteiger partial charge in [0.05, 0.1) is 6.54 Å². The Labute approximate surface area is 155 Å². The predicted octanol–water partition coefficient (Wildman–Crippen LogP) is 5.16. The van der Waals surface area contributed by atoms with E-state index in [4.69, 9.17) is 16.0 Å². The summed E-state index contributed by atoms with van der Waals surface area (Å²) in [7, 11) is 0. The van der Waals surface area contributed by atoms with Crippen molar-refractivity contribution < 1.29 is 13.6 Å². The largest absolute Gasteiger partial charge is 0.459 e. The summed E-state index contributed by atoms with van der Waals surface area (Å²) in [5.41, 5.74) is 1.94. The molecular formula is C21H17ClFNO2. The monoisotopic (exact) mass is 369 g/mol. The Morgan fingerprint density at radius 1 is 1.08 bits per heavy atom. The first-order valence-corrected chi connectivity index (χ1v) is 8.86. The third kappa shape index (κ3) is 3.65. The quantitative estimate of drug-likeness (QED) is 0.675. The van der Waals surface area contributed by atoms with Gasteiger partial charge in [-0.2, -0.15) is 0 Å². The van der Waals surface area contributed by atoms with E-state index >= 15 is 0 Å². The van der Waals surface area contributed by atoms with Crippen LogP contribution in [-0.2, 0) is 11.3 Å². The third-order valence-electron chi connectivity index (χ3n) is 4.65. The average molecular weight is 370 g/mol. The number of furan rings is 1. The molecule has 1 heterocycles. The lowest BCUT2D eigenvalue weighted by Crippen LogP contribution is -2.24. The van der Waals surface area contributed by atoms with Crippen molar-refractivity contribution in [2.45, 2.75) is 18.9 Å². The molecule has 4 rings (SSSR count). The highest BCUT2D eigenvalue weighted by molar-refractivity contribution is 6.30. The molecule has 1 saturated carbocycles. The second-order valence-corrected chi connectivity index (χ2v) is 6.93. The van der Waals surface area contributed by atoms with Crippen molar-refractivity contribution >= 4 is 17.5 Å². The first kappa shape index (κ1) is 16.9. The van der Waals surface area contributed by atoms with Crippen LogP contribution in [0.1, 0.15) is 23.7 Å². The molecule has 0 spiro atoms. The fourth-order valence-electron chi connectivity index (χ4n) is 3.11. The Kier molecular flexibility index (Phi) is 4.51. The van der Waals surface area contributed by atoms with Crippen LogP contribution in [-0.4, -0.2) is 5.91 Å². The van der Waals surface area contributed by atoms with Crippen LogP contribution >= 0.6 is 11.6 Å². The summed E-state index contributed by atoms with van der Waals surface area (Å²) in [6.45, 7) is 0.346. The van der Waals surface area contributed by atoms with Gasteiger partial charge in [-0.3, -0.25) is 4.79 Å². The van der Waals surface area contributed by atoms with Gasteiger partial charge in [-0.15, -0.1) is 0 Å². The van der Waals surface area contributed by atoms with E-state index in [1.807, 2.05) is 36.4 Å². The molecule has 0 aliphatic heterocycles. The van der Waals surface area contributed by atoms with Crippen LogP contribution in [0.3, 0.4) is 0 Å². The number of benzene rings is 2. The second kappa shape index (κ2) is 6.96. The van der Waals surface area contributed by atoms with Crippen LogP contribution in [0.25, 0.3) is 11.3 Å². The van der Waals surface area contributed by atoms with Crippen molar-refractivity contribution in [3.63, 3.8) is 0 Å². The smallest absolute Gasteiger partial charge is 0.224 e. The molecule has 1 fully saturated rings. The molecule has 132 valence electrons. The van der Waals surface area contributed by atoms with Crippen molar-refractivity contribution in [2.75, 3.05) is 0 Å². The van der Waals surface area contributed by atoms with E-state index in [9.17, 15) is 9.18 Å². The normalized spacial score (nSPS) is 18.5. The zero-order valence-electron chi connectivity index (χ0n) is 13.9. The SMILES string of the molecule is O=C(NCc1ccc(-c2ccc(Cl)cc2)o1)[C@H]1C[C@H]1c1ccc(F)cc1. The fourth-order valence-corrected chi connectivity index (χ4v) is 3.24. The summed E-state index contributed by atoms with van der Waals surface area (Å²) < 4.78 is 18.8. The average Bonchev–Trinajstić information content (AvgIpc) is 3.31. The van der Waals surface area contributed by atoms with Crippen LogP contribution in [0.2, 0.25) is 5.02 Å². The number of amides is 1. The highest BCUT2D eigenvalue weighted by Crippen LogP contribution is 2.47. The molecule has 1 N–H and O–H groups in total. The predicted molar refractivity (Wildman–Crippen MR) is 98.2 cm³/mol. The number of halogens is 2. The van der Waals surface area contributed by atoms with Gasteiger partial charge in [0.2, 0.25) is 5.91 Å². The highest BCUT2D eigenvalue weighted by Gasteiger charge is 2.43. The number of hydrogen-bond donors (Lipinski definition) is 1. The molecule has 1 aliphatic carbocycles. The minimum Gasteiger partial charge on any atom is -0.459 e. The molecule has 1 amide bonds. The summed E-state index contributed by atoms with van der Waals surface area (Å²) in [6.07, 6.45) is 0.797. The molecular weight excluding hydrogens is 353 g/mol. The van der Waals surface area contributed by atoms with Gasteiger partial charge in [0, 0.05) is 16.5 Å². The fraction of sp³-hybridized carbons (Fsp3) is 0.190. The summed E-state index contributed by atoms with van der Waals surface area (Å²) in [4.78, 5) is 12.3. The first-order chi connectivity index (χ1) is 12.6. The van der Waals surface area contributed by atoms with E-state index in [-0.39, 0.29) is 23.6 Å². The van der Waals surface area contributed by atoms with Gasteiger partial charge in [0.1, 0.15) is 17.3 Å². The molecule has 3 aromatic rings. The van der Waals surface area contributed by atoms with Crippen molar-refractivity contribution in [3.05, 3.63) is 82.8 Å². The van der Waals surface area contributed by atoms with E-state index in [0.29, 0.717) is 17.3 Å². The molecule has 26 heavy (non-hydrogen) atoms. The van der Waals surface area contributed by atoms with Crippen LogP contribution in [0.4, 0.5) is 4.39 Å². The van der Waals surface area contributed by atoms with E-state index in [2.05, 4.69) is 5.32 Å². The second-order valence-electron chi connectivity index (χ2n) is 6.49. The summed E-state index contributed by atoms with van der Waals surface area (Å²) in [6, 6.07) is 17.5. The summed E-state index contributed by atoms with van der Waals surface area (Å²) in [5, 5.41) is 3.59. The van der Waals surface area contributed by atoms with Crippen molar-refractivity contribution in [1.82, 2.24) is 5.32 Å². The minimum atomic E-state index is -0.260. The van der Waals surface area contributed by atoms with E-state index in [0.717, 1.165) is 23.3 Å². The van der Waals surface area contributed by atoms with Gasteiger partial charge < -0.3 is 9.73 Å². The molecule has 0 unspecified atom stereocenters. The van der Waals surface area contributed by atoms with Gasteiger partial charge in [-0.25, -0.2) is 4.39 Å². The standard InChI is InChI=1S/C21H17ClFNO2/c22-15-5-1-14(2-6-15)20-10-9-17(26-20)12-24-21(25)19-11-18(19)13-3-7-16(23)8-4-13/h1-10,18-19H,11-12H2,(H,24,25)/t18-,19-/m0/s1. The maximum atomic E-state index is 13.0. The molecule has 1 aliphatic rings. The number of rotatable bonds is 5. The minimum absolute atomic E-state index is 0.00349. The Morgan fingerprint density at radius 3 is 2.54 bits per heavy atom. The molecule has 0 saturated heterocycles. The highest BCUT2D eigenvalue weighted by atomic mass is 35.5. The molecule has 1 aromatic heterocycles. The topological polar surface area (TPSA) is 42.2 Å². The van der Waals surface area contributed by atoms with Gasteiger partial charge in [0.15, 0.2) is 0 Å². The van der Waals surface area contributed by atoms with Gasteiger partial charge >= 0.3 is 0 Å². The Bertz CT molecular complexity index is 918. The lowest BCUT2D eigenvalue weighted by Gasteiger charge is -2.04. The number of carbonyl (C=O) groups is 1. The van der Waals surface area contributed by atoms with Crippen molar-refractivity contribution in [2.24, 2.45) is 5.92 Å². The maximum Gasteiger partial charge on any atom is 0.224 e. The third-order valence-corrected chi connectivity index (χ3v) is 4.90. The zero-order chi connectivity index (χ0) is 18.1. The molecule has 3 nitrogen and oxygen atoms in total. The van der Waals surface area contributed by atoms with Gasteiger partial charge in [-0.05, 0) is 66.4 Å². The van der Waals surface area contributed by atoms with Crippen molar-refractivity contribution in [1.29, 1.82) is 0 Å². The maximum absolute atomic E-state index is 13.0. The van der Waals surface area contributed by atoms with Gasteiger partial charge in [-0.1, -0.05) is 23.7 Å². The van der Waals surface area contributed by atoms with E-state index < -0.39 is 0 Å². The molecule has 5 heteroatoms. The number of nitrogens with one attached hydrogen (secondary N) is 1. The van der Waals surface area contributed by atoms with Crippen molar-refractivity contribution in [3.8, 4) is 11.3 Å². The molecule has 2 aromatic carbocycles. The lowest BCUT2D eigenvalue weighted by molar-refractivity contribution is -0.122. The first-order valence-electron chi connectivity index (χ1n) is 8.48. The van der Waals surface area contributed by atoms with Crippen LogP contribution in [0.5, 0.6) is 0 Å². The number of carbonyl (C=O) groups excluding carboxylic acids is 1. The lowest BCUT2D eigenvalue weighted by atomic mass is 10.1. The summed E-state index contributed by atoms with van der Waals surface area (Å²) in [5.74, 6) is 1.31. The molecule has 2 atom stereocenters. The Balaban J connectivity index is 1.33. The molecule has 0 bridgehead atoms.